The van der Waals surface area contributed by atoms with Crippen molar-refractivity contribution in [1.82, 2.24) is 0 Å². The number of anilines is 1. The minimum atomic E-state index is -0.488. The highest BCUT2D eigenvalue weighted by Crippen LogP contribution is 2.17. The number of amides is 1. The fraction of sp³-hybridized carbons (Fsp3) is 0.235. The first-order valence-corrected chi connectivity index (χ1v) is 8.03. The van der Waals surface area contributed by atoms with Gasteiger partial charge in [0.2, 0.25) is 5.91 Å². The van der Waals surface area contributed by atoms with Crippen LogP contribution in [-0.4, -0.2) is 24.3 Å². The van der Waals surface area contributed by atoms with Crippen molar-refractivity contribution in [2.45, 2.75) is 20.3 Å². The fourth-order valence-corrected chi connectivity index (χ4v) is 2.67. The zero-order chi connectivity index (χ0) is 16.8. The fourth-order valence-electron chi connectivity index (χ4n) is 1.85. The van der Waals surface area contributed by atoms with E-state index in [4.69, 9.17) is 4.74 Å². The number of thiophene rings is 1. The van der Waals surface area contributed by atoms with Crippen LogP contribution in [0.3, 0.4) is 0 Å². The average Bonchev–Trinajstić information content (AvgIpc) is 2.99. The van der Waals surface area contributed by atoms with Gasteiger partial charge in [0.1, 0.15) is 4.88 Å². The predicted octanol–water partition coefficient (Wildman–Crippen LogP) is 3.44. The molecule has 0 atom stereocenters. The summed E-state index contributed by atoms with van der Waals surface area (Å²) in [5.74, 6) is -0.872. The maximum atomic E-state index is 12.0. The van der Waals surface area contributed by atoms with E-state index in [0.717, 1.165) is 5.56 Å². The first kappa shape index (κ1) is 16.9. The third-order valence-electron chi connectivity index (χ3n) is 3.19. The van der Waals surface area contributed by atoms with Gasteiger partial charge in [0.15, 0.2) is 12.4 Å². The number of ketones is 1. The van der Waals surface area contributed by atoms with Gasteiger partial charge in [0.25, 0.3) is 0 Å². The quantitative estimate of drug-likeness (QED) is 0.650. The summed E-state index contributed by atoms with van der Waals surface area (Å²) >= 11 is 1.29. The van der Waals surface area contributed by atoms with Gasteiger partial charge in [-0.2, -0.15) is 0 Å². The van der Waals surface area contributed by atoms with Crippen LogP contribution in [0.15, 0.2) is 35.7 Å². The second-order valence-electron chi connectivity index (χ2n) is 4.91. The number of hydrogen-bond donors (Lipinski definition) is 1. The summed E-state index contributed by atoms with van der Waals surface area (Å²) < 4.78 is 5.05. The number of ether oxygens (including phenoxy) is 1. The van der Waals surface area contributed by atoms with Crippen molar-refractivity contribution in [3.63, 3.8) is 0 Å². The predicted molar refractivity (Wildman–Crippen MR) is 89.0 cm³/mol. The smallest absolute Gasteiger partial charge is 0.349 e. The molecule has 2 rings (SSSR count). The molecule has 120 valence electrons. The van der Waals surface area contributed by atoms with E-state index in [2.05, 4.69) is 5.32 Å². The van der Waals surface area contributed by atoms with Gasteiger partial charge in [-0.25, -0.2) is 4.79 Å². The summed E-state index contributed by atoms with van der Waals surface area (Å²) in [5, 5.41) is 4.50. The summed E-state index contributed by atoms with van der Waals surface area (Å²) in [6.07, 6.45) is 0.388. The van der Waals surface area contributed by atoms with Crippen molar-refractivity contribution < 1.29 is 19.1 Å². The van der Waals surface area contributed by atoms with E-state index in [1.807, 2.05) is 13.0 Å². The topological polar surface area (TPSA) is 72.5 Å². The molecule has 0 saturated carbocycles. The van der Waals surface area contributed by atoms with Gasteiger partial charge in [0.05, 0.1) is 0 Å². The summed E-state index contributed by atoms with van der Waals surface area (Å²) in [7, 11) is 0. The largest absolute Gasteiger partial charge is 0.453 e. The molecule has 0 aliphatic carbocycles. The van der Waals surface area contributed by atoms with Crippen LogP contribution in [-0.2, 0) is 9.53 Å². The number of rotatable bonds is 6. The van der Waals surface area contributed by atoms with Crippen LogP contribution in [0, 0.1) is 6.92 Å². The van der Waals surface area contributed by atoms with Crippen LogP contribution >= 0.6 is 11.3 Å². The van der Waals surface area contributed by atoms with Gasteiger partial charge in [-0.15, -0.1) is 11.3 Å². The van der Waals surface area contributed by atoms with Crippen LogP contribution in [0.2, 0.25) is 0 Å². The zero-order valence-corrected chi connectivity index (χ0v) is 13.7. The molecule has 1 N–H and O–H groups in total. The zero-order valence-electron chi connectivity index (χ0n) is 12.9. The van der Waals surface area contributed by atoms with E-state index in [9.17, 15) is 14.4 Å². The Balaban J connectivity index is 1.92. The SMILES string of the molecule is CCC(=O)Nc1ccc(C(=O)COC(=O)c2sccc2C)cc1. The van der Waals surface area contributed by atoms with Gasteiger partial charge >= 0.3 is 5.97 Å². The Bertz CT molecular complexity index is 718. The molecule has 0 fully saturated rings. The molecule has 23 heavy (non-hydrogen) atoms. The second kappa shape index (κ2) is 7.69. The van der Waals surface area contributed by atoms with Crippen molar-refractivity contribution in [1.29, 1.82) is 0 Å². The maximum Gasteiger partial charge on any atom is 0.349 e. The molecule has 1 heterocycles. The molecule has 0 spiro atoms. The summed E-state index contributed by atoms with van der Waals surface area (Å²) in [6, 6.07) is 8.31. The number of hydrogen-bond acceptors (Lipinski definition) is 5. The van der Waals surface area contributed by atoms with Gasteiger partial charge in [-0.05, 0) is 48.2 Å². The van der Waals surface area contributed by atoms with Crippen molar-refractivity contribution in [2.75, 3.05) is 11.9 Å². The van der Waals surface area contributed by atoms with E-state index in [1.54, 1.807) is 36.6 Å². The number of carbonyl (C=O) groups excluding carboxylic acids is 3. The molecule has 0 saturated heterocycles. The van der Waals surface area contributed by atoms with Crippen LogP contribution in [0.5, 0.6) is 0 Å². The molecule has 0 bridgehead atoms. The Morgan fingerprint density at radius 3 is 2.39 bits per heavy atom. The molecule has 2 aromatic rings. The van der Waals surface area contributed by atoms with Crippen molar-refractivity contribution in [2.24, 2.45) is 0 Å². The number of esters is 1. The first-order valence-electron chi connectivity index (χ1n) is 7.15. The molecule has 0 aliphatic rings. The Morgan fingerprint density at radius 1 is 1.13 bits per heavy atom. The Hall–Kier alpha value is -2.47. The highest BCUT2D eigenvalue weighted by Gasteiger charge is 2.14. The number of aryl methyl sites for hydroxylation is 1. The van der Waals surface area contributed by atoms with Gasteiger partial charge in [-0.1, -0.05) is 6.92 Å². The van der Waals surface area contributed by atoms with Crippen LogP contribution in [0.1, 0.15) is 38.9 Å². The van der Waals surface area contributed by atoms with Crippen LogP contribution in [0.25, 0.3) is 0 Å². The van der Waals surface area contributed by atoms with Gasteiger partial charge in [-0.3, -0.25) is 9.59 Å². The molecule has 5 nitrogen and oxygen atoms in total. The number of carbonyl (C=O) groups is 3. The van der Waals surface area contributed by atoms with E-state index >= 15 is 0 Å². The molecule has 0 radical (unpaired) electrons. The molecule has 1 aromatic heterocycles. The normalized spacial score (nSPS) is 10.2. The lowest BCUT2D eigenvalue weighted by atomic mass is 10.1. The lowest BCUT2D eigenvalue weighted by molar-refractivity contribution is -0.115. The molecule has 1 aromatic carbocycles. The van der Waals surface area contributed by atoms with Crippen molar-refractivity contribution >= 4 is 34.7 Å². The molecule has 0 unspecified atom stereocenters. The third-order valence-corrected chi connectivity index (χ3v) is 4.19. The maximum absolute atomic E-state index is 12.0. The molecule has 1 amide bonds. The summed E-state index contributed by atoms with van der Waals surface area (Å²) in [6.45, 7) is 3.27. The van der Waals surface area contributed by atoms with Crippen molar-refractivity contribution in [3.05, 3.63) is 51.7 Å². The van der Waals surface area contributed by atoms with Gasteiger partial charge < -0.3 is 10.1 Å². The Kier molecular flexibility index (Phi) is 5.65. The standard InChI is InChI=1S/C17H17NO4S/c1-3-15(20)18-13-6-4-12(5-7-13)14(19)10-22-17(21)16-11(2)8-9-23-16/h4-9H,3,10H2,1-2H3,(H,18,20). The third kappa shape index (κ3) is 4.50. The summed E-state index contributed by atoms with van der Waals surface area (Å²) in [5.41, 5.74) is 1.89. The van der Waals surface area contributed by atoms with E-state index in [1.165, 1.54) is 11.3 Å². The summed E-state index contributed by atoms with van der Waals surface area (Å²) in [4.78, 5) is 35.7. The van der Waals surface area contributed by atoms with E-state index < -0.39 is 5.97 Å². The highest BCUT2D eigenvalue weighted by atomic mass is 32.1. The van der Waals surface area contributed by atoms with E-state index in [0.29, 0.717) is 22.5 Å². The number of benzene rings is 1. The van der Waals surface area contributed by atoms with E-state index in [-0.39, 0.29) is 18.3 Å². The molecule has 0 aliphatic heterocycles. The Morgan fingerprint density at radius 2 is 1.83 bits per heavy atom. The van der Waals surface area contributed by atoms with Crippen LogP contribution in [0.4, 0.5) is 5.69 Å². The molecular formula is C17H17NO4S. The molecular weight excluding hydrogens is 314 g/mol. The molecule has 6 heteroatoms. The lowest BCUT2D eigenvalue weighted by Crippen LogP contribution is -2.14. The monoisotopic (exact) mass is 331 g/mol. The lowest BCUT2D eigenvalue weighted by Gasteiger charge is -2.06. The first-order chi connectivity index (χ1) is 11.0. The highest BCUT2D eigenvalue weighted by molar-refractivity contribution is 7.12. The Labute approximate surface area is 138 Å². The average molecular weight is 331 g/mol. The van der Waals surface area contributed by atoms with Crippen LogP contribution < -0.4 is 5.32 Å². The minimum Gasteiger partial charge on any atom is -0.453 e. The number of nitrogens with one attached hydrogen (secondary N) is 1. The van der Waals surface area contributed by atoms with Crippen molar-refractivity contribution in [3.8, 4) is 0 Å². The second-order valence-corrected chi connectivity index (χ2v) is 5.83. The number of Topliss-reactive ketones (excluding diaryl/α,β-unsaturated/α-hetero) is 1. The van der Waals surface area contributed by atoms with Gasteiger partial charge in [0, 0.05) is 17.7 Å². The minimum absolute atomic E-state index is 0.0932.